The number of anilines is 1. The largest absolute Gasteiger partial charge is 0.459 e. The van der Waals surface area contributed by atoms with Crippen LogP contribution in [-0.2, 0) is 5.75 Å². The van der Waals surface area contributed by atoms with Gasteiger partial charge in [-0.15, -0.1) is 11.8 Å². The summed E-state index contributed by atoms with van der Waals surface area (Å²) in [4.78, 5) is 12.6. The van der Waals surface area contributed by atoms with Crippen LogP contribution >= 0.6 is 11.8 Å². The van der Waals surface area contributed by atoms with Crippen LogP contribution in [0, 0.1) is 6.92 Å². The maximum Gasteiger partial charge on any atom is 0.301 e. The van der Waals surface area contributed by atoms with E-state index in [4.69, 9.17) is 16.0 Å². The molecule has 1 heterocycles. The van der Waals surface area contributed by atoms with Gasteiger partial charge in [0.05, 0.1) is 6.26 Å². The lowest BCUT2D eigenvalue weighted by Gasteiger charge is -2.07. The molecule has 2 rings (SSSR count). The molecule has 2 aromatic rings. The molecule has 5 nitrogen and oxygen atoms in total. The van der Waals surface area contributed by atoms with Crippen molar-refractivity contribution in [2.24, 2.45) is 5.84 Å². The van der Waals surface area contributed by atoms with Gasteiger partial charge in [0, 0.05) is 21.9 Å². The average molecular weight is 277 g/mol. The van der Waals surface area contributed by atoms with E-state index in [1.54, 1.807) is 17.8 Å². The molecular formula is C13H15N3O2S. The van der Waals surface area contributed by atoms with Crippen molar-refractivity contribution in [1.29, 1.82) is 0 Å². The predicted octanol–water partition coefficient (Wildman–Crippen LogP) is 2.07. The van der Waals surface area contributed by atoms with Crippen molar-refractivity contribution < 1.29 is 9.21 Å². The topological polar surface area (TPSA) is 94.3 Å². The monoisotopic (exact) mass is 277 g/mol. The third-order valence-corrected chi connectivity index (χ3v) is 4.00. The Kier molecular flexibility index (Phi) is 4.13. The highest BCUT2D eigenvalue weighted by molar-refractivity contribution is 7.98. The van der Waals surface area contributed by atoms with Crippen molar-refractivity contribution in [3.05, 3.63) is 47.4 Å². The highest BCUT2D eigenvalue weighted by Crippen LogP contribution is 2.30. The predicted molar refractivity (Wildman–Crippen MR) is 75.5 cm³/mol. The number of hydrogen-bond acceptors (Lipinski definition) is 5. The van der Waals surface area contributed by atoms with Gasteiger partial charge in [-0.2, -0.15) is 0 Å². The van der Waals surface area contributed by atoms with Gasteiger partial charge in [-0.3, -0.25) is 10.2 Å². The molecule has 0 aliphatic carbocycles. The van der Waals surface area contributed by atoms with E-state index < -0.39 is 5.91 Å². The highest BCUT2D eigenvalue weighted by atomic mass is 32.2. The summed E-state index contributed by atoms with van der Waals surface area (Å²) in [7, 11) is 0. The van der Waals surface area contributed by atoms with Crippen molar-refractivity contribution >= 4 is 23.4 Å². The smallest absolute Gasteiger partial charge is 0.301 e. The number of hydrogen-bond donors (Lipinski definition) is 3. The van der Waals surface area contributed by atoms with Gasteiger partial charge in [0.1, 0.15) is 0 Å². The summed E-state index contributed by atoms with van der Waals surface area (Å²) in [6, 6.07) is 7.54. The molecule has 0 fully saturated rings. The van der Waals surface area contributed by atoms with Crippen LogP contribution in [0.2, 0.25) is 0 Å². The summed E-state index contributed by atoms with van der Waals surface area (Å²) in [5, 5.41) is 0. The average Bonchev–Trinajstić information content (AvgIpc) is 2.88. The first kappa shape index (κ1) is 13.5. The highest BCUT2D eigenvalue weighted by Gasteiger charge is 2.14. The Morgan fingerprint density at radius 1 is 1.42 bits per heavy atom. The maximum absolute atomic E-state index is 11.5. The summed E-state index contributed by atoms with van der Waals surface area (Å²) < 4.78 is 5.13. The SMILES string of the molecule is Cc1c(N)cccc1SCc1ccoc1C(=O)NN. The molecule has 6 heteroatoms. The second-order valence-corrected chi connectivity index (χ2v) is 5.02. The molecule has 0 bridgehead atoms. The van der Waals surface area contributed by atoms with Crippen molar-refractivity contribution in [1.82, 2.24) is 5.43 Å². The molecule has 1 amide bonds. The summed E-state index contributed by atoms with van der Waals surface area (Å²) in [6.45, 7) is 1.97. The third kappa shape index (κ3) is 2.91. The van der Waals surface area contributed by atoms with Crippen molar-refractivity contribution in [2.45, 2.75) is 17.6 Å². The fourth-order valence-corrected chi connectivity index (χ4v) is 2.70. The van der Waals surface area contributed by atoms with Gasteiger partial charge in [-0.1, -0.05) is 6.07 Å². The molecule has 0 spiro atoms. The number of thioether (sulfide) groups is 1. The van der Waals surface area contributed by atoms with Crippen molar-refractivity contribution in [2.75, 3.05) is 5.73 Å². The number of nitrogens with one attached hydrogen (secondary N) is 1. The quantitative estimate of drug-likeness (QED) is 0.261. The van der Waals surface area contributed by atoms with Crippen LogP contribution in [0.5, 0.6) is 0 Å². The lowest BCUT2D eigenvalue weighted by Crippen LogP contribution is -2.30. The second kappa shape index (κ2) is 5.81. The number of amides is 1. The van der Waals surface area contributed by atoms with Gasteiger partial charge in [0.15, 0.2) is 5.76 Å². The summed E-state index contributed by atoms with van der Waals surface area (Å²) in [5.74, 6) is 5.54. The normalized spacial score (nSPS) is 10.4. The minimum atomic E-state index is -0.426. The molecule has 19 heavy (non-hydrogen) atoms. The van der Waals surface area contributed by atoms with E-state index in [1.165, 1.54) is 6.26 Å². The minimum absolute atomic E-state index is 0.247. The Labute approximate surface area is 115 Å². The van der Waals surface area contributed by atoms with Crippen molar-refractivity contribution in [3.8, 4) is 0 Å². The molecule has 0 saturated carbocycles. The zero-order valence-electron chi connectivity index (χ0n) is 10.5. The zero-order chi connectivity index (χ0) is 13.8. The summed E-state index contributed by atoms with van der Waals surface area (Å²) >= 11 is 1.60. The third-order valence-electron chi connectivity index (χ3n) is 2.79. The van der Waals surface area contributed by atoms with Crippen LogP contribution in [0.4, 0.5) is 5.69 Å². The Bertz CT molecular complexity index is 595. The van der Waals surface area contributed by atoms with Crippen LogP contribution in [-0.4, -0.2) is 5.91 Å². The van der Waals surface area contributed by atoms with E-state index in [0.717, 1.165) is 21.7 Å². The van der Waals surface area contributed by atoms with Gasteiger partial charge in [0.25, 0.3) is 0 Å². The van der Waals surface area contributed by atoms with Crippen LogP contribution in [0.1, 0.15) is 21.7 Å². The molecule has 5 N–H and O–H groups in total. The molecule has 0 radical (unpaired) electrons. The molecule has 1 aromatic carbocycles. The number of rotatable bonds is 4. The second-order valence-electron chi connectivity index (χ2n) is 4.01. The van der Waals surface area contributed by atoms with E-state index in [1.807, 2.05) is 25.1 Å². The number of hydrazine groups is 1. The first-order valence-electron chi connectivity index (χ1n) is 5.68. The minimum Gasteiger partial charge on any atom is -0.459 e. The van der Waals surface area contributed by atoms with Crippen LogP contribution in [0.15, 0.2) is 39.8 Å². The molecule has 0 saturated heterocycles. The number of carbonyl (C=O) groups excluding carboxylic acids is 1. The Hall–Kier alpha value is -1.92. The van der Waals surface area contributed by atoms with Crippen molar-refractivity contribution in [3.63, 3.8) is 0 Å². The fraction of sp³-hybridized carbons (Fsp3) is 0.154. The molecule has 100 valence electrons. The molecule has 0 atom stereocenters. The Morgan fingerprint density at radius 3 is 2.95 bits per heavy atom. The lowest BCUT2D eigenvalue weighted by atomic mass is 10.2. The van der Waals surface area contributed by atoms with E-state index in [2.05, 4.69) is 5.43 Å². The number of benzene rings is 1. The standard InChI is InChI=1S/C13H15N3O2S/c1-8-10(14)3-2-4-11(8)19-7-9-5-6-18-12(9)13(17)16-15/h2-6H,7,14-15H2,1H3,(H,16,17). The number of furan rings is 1. The summed E-state index contributed by atoms with van der Waals surface area (Å²) in [5.41, 5.74) is 10.5. The fourth-order valence-electron chi connectivity index (χ4n) is 1.66. The van der Waals surface area contributed by atoms with Crippen LogP contribution < -0.4 is 17.0 Å². The summed E-state index contributed by atoms with van der Waals surface area (Å²) in [6.07, 6.45) is 1.48. The number of carbonyl (C=O) groups is 1. The lowest BCUT2D eigenvalue weighted by molar-refractivity contribution is 0.0925. The van der Waals surface area contributed by atoms with E-state index in [9.17, 15) is 4.79 Å². The Balaban J connectivity index is 2.13. The molecule has 0 aliphatic heterocycles. The van der Waals surface area contributed by atoms with E-state index in [0.29, 0.717) is 5.75 Å². The van der Waals surface area contributed by atoms with Crippen LogP contribution in [0.25, 0.3) is 0 Å². The number of nitrogen functional groups attached to an aromatic ring is 2. The van der Waals surface area contributed by atoms with Crippen LogP contribution in [0.3, 0.4) is 0 Å². The maximum atomic E-state index is 11.5. The number of nitrogens with two attached hydrogens (primary N) is 2. The van der Waals surface area contributed by atoms with Gasteiger partial charge in [-0.25, -0.2) is 5.84 Å². The first-order chi connectivity index (χ1) is 9.13. The van der Waals surface area contributed by atoms with E-state index in [-0.39, 0.29) is 5.76 Å². The molecule has 0 unspecified atom stereocenters. The Morgan fingerprint density at radius 2 is 2.21 bits per heavy atom. The molecule has 0 aliphatic rings. The van der Waals surface area contributed by atoms with Gasteiger partial charge in [0.2, 0.25) is 0 Å². The first-order valence-corrected chi connectivity index (χ1v) is 6.67. The molecular weight excluding hydrogens is 262 g/mol. The van der Waals surface area contributed by atoms with Gasteiger partial charge in [-0.05, 0) is 30.7 Å². The zero-order valence-corrected chi connectivity index (χ0v) is 11.3. The van der Waals surface area contributed by atoms with Gasteiger partial charge < -0.3 is 10.2 Å². The van der Waals surface area contributed by atoms with E-state index >= 15 is 0 Å². The van der Waals surface area contributed by atoms with Gasteiger partial charge >= 0.3 is 5.91 Å². The molecule has 1 aromatic heterocycles.